The highest BCUT2D eigenvalue weighted by atomic mass is 16.6. The summed E-state index contributed by atoms with van der Waals surface area (Å²) in [5, 5.41) is 22.1. The summed E-state index contributed by atoms with van der Waals surface area (Å²) in [6.45, 7) is 3.47. The number of ketones is 1. The first kappa shape index (κ1) is 19.5. The van der Waals surface area contributed by atoms with Gasteiger partial charge in [0.05, 0.1) is 0 Å². The monoisotopic (exact) mass is 385 g/mol. The molecule has 0 saturated heterocycles. The van der Waals surface area contributed by atoms with Gasteiger partial charge < -0.3 is 25.0 Å². The van der Waals surface area contributed by atoms with Crippen LogP contribution in [0, 0.1) is 0 Å². The number of aromatic hydroxyl groups is 2. The molecule has 7 nitrogen and oxygen atoms in total. The Hall–Kier alpha value is -3.22. The maximum absolute atomic E-state index is 11.7. The lowest BCUT2D eigenvalue weighted by molar-refractivity contribution is -0.120. The molecule has 7 heteroatoms. The van der Waals surface area contributed by atoms with Gasteiger partial charge in [-0.25, -0.2) is 0 Å². The van der Waals surface area contributed by atoms with Crippen LogP contribution in [0.25, 0.3) is 0 Å². The lowest BCUT2D eigenvalue weighted by Crippen LogP contribution is -2.34. The quantitative estimate of drug-likeness (QED) is 0.660. The fourth-order valence-electron chi connectivity index (χ4n) is 3.15. The van der Waals surface area contributed by atoms with E-state index in [9.17, 15) is 19.8 Å². The van der Waals surface area contributed by atoms with E-state index in [1.807, 2.05) is 12.1 Å². The number of amides is 1. The molecule has 1 amide bonds. The number of Topliss-reactive ketones (excluding diaryl/α,β-unsaturated/α-hetero) is 1. The zero-order valence-corrected chi connectivity index (χ0v) is 15.8. The lowest BCUT2D eigenvalue weighted by atomic mass is 9.98. The Morgan fingerprint density at radius 2 is 1.79 bits per heavy atom. The van der Waals surface area contributed by atoms with Crippen molar-refractivity contribution in [1.29, 1.82) is 0 Å². The summed E-state index contributed by atoms with van der Waals surface area (Å²) >= 11 is 0. The van der Waals surface area contributed by atoms with Crippen LogP contribution < -0.4 is 14.8 Å². The van der Waals surface area contributed by atoms with Gasteiger partial charge in [0.2, 0.25) is 5.91 Å². The fourth-order valence-corrected chi connectivity index (χ4v) is 3.15. The molecule has 1 aliphatic heterocycles. The predicted octanol–water partition coefficient (Wildman–Crippen LogP) is 2.64. The van der Waals surface area contributed by atoms with Crippen LogP contribution in [0.2, 0.25) is 0 Å². The van der Waals surface area contributed by atoms with Crippen molar-refractivity contribution in [3.63, 3.8) is 0 Å². The third-order valence-electron chi connectivity index (χ3n) is 4.48. The molecule has 2 aromatic carbocycles. The number of rotatable bonds is 6. The number of phenols is 2. The first-order valence-corrected chi connectivity index (χ1v) is 9.05. The van der Waals surface area contributed by atoms with Crippen LogP contribution in [0.3, 0.4) is 0 Å². The molecule has 0 fully saturated rings. The van der Waals surface area contributed by atoms with Gasteiger partial charge in [-0.1, -0.05) is 12.1 Å². The number of nitrogens with one attached hydrogen (secondary N) is 1. The number of carbonyl (C=O) groups is 2. The Kier molecular flexibility index (Phi) is 5.73. The SMILES string of the molecule is CC(=O)C[C@H]1Oc2cc(CCNC(C)=O)ccc2O[C@@H]1c1ccc(O)c(O)c1. The Bertz CT molecular complexity index is 894. The van der Waals surface area contributed by atoms with E-state index in [0.29, 0.717) is 30.0 Å². The minimum absolute atomic E-state index is 0.0492. The van der Waals surface area contributed by atoms with E-state index < -0.39 is 12.2 Å². The van der Waals surface area contributed by atoms with Gasteiger partial charge in [0.15, 0.2) is 29.1 Å². The summed E-state index contributed by atoms with van der Waals surface area (Å²) < 4.78 is 12.2. The average molecular weight is 385 g/mol. The van der Waals surface area contributed by atoms with E-state index in [0.717, 1.165) is 5.56 Å². The summed E-state index contributed by atoms with van der Waals surface area (Å²) in [6.07, 6.45) is -0.391. The zero-order valence-electron chi connectivity index (χ0n) is 15.8. The predicted molar refractivity (Wildman–Crippen MR) is 102 cm³/mol. The zero-order chi connectivity index (χ0) is 20.3. The Balaban J connectivity index is 1.85. The number of fused-ring (bicyclic) bond motifs is 1. The van der Waals surface area contributed by atoms with E-state index >= 15 is 0 Å². The molecule has 2 atom stereocenters. The van der Waals surface area contributed by atoms with Gasteiger partial charge in [-0.15, -0.1) is 0 Å². The highest BCUT2D eigenvalue weighted by Gasteiger charge is 2.34. The standard InChI is InChI=1S/C21H23NO6/c1-12(23)9-20-21(15-4-5-16(25)17(26)11-15)28-18-6-3-14(10-19(18)27-20)7-8-22-13(2)24/h3-6,10-11,20-21,25-26H,7-9H2,1-2H3,(H,22,24)/t20-,21-/m1/s1. The molecule has 0 aromatic heterocycles. The molecule has 3 rings (SSSR count). The van der Waals surface area contributed by atoms with Crippen molar-refractivity contribution >= 4 is 11.7 Å². The summed E-state index contributed by atoms with van der Waals surface area (Å²) in [5.74, 6) is 0.437. The van der Waals surface area contributed by atoms with Gasteiger partial charge >= 0.3 is 0 Å². The number of hydrogen-bond acceptors (Lipinski definition) is 6. The Morgan fingerprint density at radius 3 is 2.46 bits per heavy atom. The van der Waals surface area contributed by atoms with Crippen molar-refractivity contribution in [2.24, 2.45) is 0 Å². The second kappa shape index (κ2) is 8.21. The van der Waals surface area contributed by atoms with Crippen molar-refractivity contribution in [3.8, 4) is 23.0 Å². The van der Waals surface area contributed by atoms with Gasteiger partial charge in [-0.05, 0) is 43.2 Å². The number of carbonyl (C=O) groups excluding carboxylic acids is 2. The van der Waals surface area contributed by atoms with Gasteiger partial charge in [0.25, 0.3) is 0 Å². The molecule has 148 valence electrons. The van der Waals surface area contributed by atoms with Gasteiger partial charge in [-0.3, -0.25) is 9.59 Å². The van der Waals surface area contributed by atoms with Crippen molar-refractivity contribution in [1.82, 2.24) is 5.32 Å². The number of ether oxygens (including phenoxy) is 2. The molecule has 28 heavy (non-hydrogen) atoms. The molecule has 0 spiro atoms. The maximum Gasteiger partial charge on any atom is 0.216 e. The first-order valence-electron chi connectivity index (χ1n) is 9.05. The molecular formula is C21H23NO6. The fraction of sp³-hybridized carbons (Fsp3) is 0.333. The van der Waals surface area contributed by atoms with Crippen LogP contribution in [0.4, 0.5) is 0 Å². The molecule has 3 N–H and O–H groups in total. The molecular weight excluding hydrogens is 362 g/mol. The smallest absolute Gasteiger partial charge is 0.216 e. The van der Waals surface area contributed by atoms with Crippen LogP contribution in [-0.4, -0.2) is 34.6 Å². The number of hydrogen-bond donors (Lipinski definition) is 3. The van der Waals surface area contributed by atoms with Crippen LogP contribution in [0.1, 0.15) is 37.5 Å². The third kappa shape index (κ3) is 4.54. The highest BCUT2D eigenvalue weighted by molar-refractivity contribution is 5.76. The minimum Gasteiger partial charge on any atom is -0.504 e. The second-order valence-corrected chi connectivity index (χ2v) is 6.86. The van der Waals surface area contributed by atoms with Crippen LogP contribution in [-0.2, 0) is 16.0 Å². The summed E-state index contributed by atoms with van der Waals surface area (Å²) in [6, 6.07) is 9.93. The molecule has 1 heterocycles. The molecule has 0 radical (unpaired) electrons. The van der Waals surface area contributed by atoms with E-state index in [-0.39, 0.29) is 29.6 Å². The topological polar surface area (TPSA) is 105 Å². The summed E-state index contributed by atoms with van der Waals surface area (Å²) in [5.41, 5.74) is 1.57. The normalized spacial score (nSPS) is 17.8. The van der Waals surface area contributed by atoms with Gasteiger partial charge in [0, 0.05) is 25.5 Å². The van der Waals surface area contributed by atoms with Crippen LogP contribution >= 0.6 is 0 Å². The number of benzene rings is 2. The van der Waals surface area contributed by atoms with Gasteiger partial charge in [-0.2, -0.15) is 0 Å². The Morgan fingerprint density at radius 1 is 1.00 bits per heavy atom. The molecule has 0 aliphatic carbocycles. The first-order chi connectivity index (χ1) is 13.3. The largest absolute Gasteiger partial charge is 0.504 e. The van der Waals surface area contributed by atoms with Crippen molar-refractivity contribution in [2.45, 2.75) is 38.9 Å². The van der Waals surface area contributed by atoms with E-state index in [1.165, 1.54) is 26.0 Å². The molecule has 2 aromatic rings. The summed E-state index contributed by atoms with van der Waals surface area (Å²) in [7, 11) is 0. The molecule has 1 aliphatic rings. The molecule has 0 bridgehead atoms. The molecule has 0 saturated carbocycles. The molecule has 0 unspecified atom stereocenters. The van der Waals surface area contributed by atoms with Crippen LogP contribution in [0.15, 0.2) is 36.4 Å². The third-order valence-corrected chi connectivity index (χ3v) is 4.48. The average Bonchev–Trinajstić information content (AvgIpc) is 2.62. The highest BCUT2D eigenvalue weighted by Crippen LogP contribution is 2.42. The minimum atomic E-state index is -0.604. The van der Waals surface area contributed by atoms with Crippen LogP contribution in [0.5, 0.6) is 23.0 Å². The summed E-state index contributed by atoms with van der Waals surface area (Å²) in [4.78, 5) is 22.7. The maximum atomic E-state index is 11.7. The van der Waals surface area contributed by atoms with E-state index in [4.69, 9.17) is 9.47 Å². The van der Waals surface area contributed by atoms with E-state index in [1.54, 1.807) is 12.1 Å². The Labute approximate surface area is 162 Å². The second-order valence-electron chi connectivity index (χ2n) is 6.86. The van der Waals surface area contributed by atoms with Crippen molar-refractivity contribution in [2.75, 3.05) is 6.54 Å². The number of phenolic OH excluding ortho intramolecular Hbond substituents is 2. The van der Waals surface area contributed by atoms with Crippen molar-refractivity contribution in [3.05, 3.63) is 47.5 Å². The van der Waals surface area contributed by atoms with Gasteiger partial charge in [0.1, 0.15) is 11.9 Å². The van der Waals surface area contributed by atoms with E-state index in [2.05, 4.69) is 5.32 Å². The lowest BCUT2D eigenvalue weighted by Gasteiger charge is -2.34. The van der Waals surface area contributed by atoms with Crippen molar-refractivity contribution < 1.29 is 29.3 Å².